The van der Waals surface area contributed by atoms with Gasteiger partial charge in [0.2, 0.25) is 0 Å². The first-order valence-corrected chi connectivity index (χ1v) is 10.9. The van der Waals surface area contributed by atoms with Gasteiger partial charge in [-0.1, -0.05) is 24.3 Å². The lowest BCUT2D eigenvalue weighted by Crippen LogP contribution is -2.48. The number of carbonyl (C=O) groups is 1. The molecule has 1 saturated heterocycles. The number of carbonyl (C=O) groups excluding carboxylic acids is 1. The van der Waals surface area contributed by atoms with Gasteiger partial charge in [0.25, 0.3) is 5.91 Å². The largest absolute Gasteiger partial charge is 0.494 e. The van der Waals surface area contributed by atoms with Gasteiger partial charge in [0.1, 0.15) is 5.75 Å². The predicted octanol–water partition coefficient (Wildman–Crippen LogP) is 3.85. The zero-order valence-electron chi connectivity index (χ0n) is 18.5. The molecular weight excluding hydrogens is 388 g/mol. The van der Waals surface area contributed by atoms with Gasteiger partial charge < -0.3 is 9.64 Å². The Morgan fingerprint density at radius 1 is 1.03 bits per heavy atom. The first-order chi connectivity index (χ1) is 15.0. The highest BCUT2D eigenvalue weighted by Crippen LogP contribution is 2.19. The lowest BCUT2D eigenvalue weighted by Gasteiger charge is -2.34. The topological polar surface area (TPSA) is 50.6 Å². The number of ether oxygens (including phenoxy) is 1. The minimum absolute atomic E-state index is 0.0668. The Kier molecular flexibility index (Phi) is 6.37. The average molecular weight is 419 g/mol. The van der Waals surface area contributed by atoms with Crippen LogP contribution >= 0.6 is 0 Å². The number of nitrogens with zero attached hydrogens (tertiary/aromatic N) is 4. The monoisotopic (exact) mass is 418 g/mol. The van der Waals surface area contributed by atoms with E-state index in [0.29, 0.717) is 12.2 Å². The maximum absolute atomic E-state index is 13.1. The van der Waals surface area contributed by atoms with Crippen molar-refractivity contribution in [3.8, 4) is 11.4 Å². The standard InChI is InChI=1S/C25H30N4O2/c1-4-31-23-10-8-21(9-11-23)18-27-12-14-28(15-13-27)25(30)24-17-26-29(20(24)3)22-7-5-6-19(2)16-22/h5-11,16-17H,4,12-15,18H2,1-3H3. The molecule has 6 heteroatoms. The molecule has 0 atom stereocenters. The van der Waals surface area contributed by atoms with E-state index in [1.54, 1.807) is 6.20 Å². The van der Waals surface area contributed by atoms with Crippen LogP contribution < -0.4 is 4.74 Å². The molecule has 0 N–H and O–H groups in total. The van der Waals surface area contributed by atoms with Crippen LogP contribution in [0.5, 0.6) is 5.75 Å². The van der Waals surface area contributed by atoms with Gasteiger partial charge in [-0.2, -0.15) is 5.10 Å². The molecule has 2 aromatic carbocycles. The first-order valence-electron chi connectivity index (χ1n) is 10.9. The van der Waals surface area contributed by atoms with Crippen molar-refractivity contribution in [3.63, 3.8) is 0 Å². The molecule has 0 aliphatic carbocycles. The maximum atomic E-state index is 13.1. The summed E-state index contributed by atoms with van der Waals surface area (Å²) >= 11 is 0. The van der Waals surface area contributed by atoms with Crippen LogP contribution in [0.3, 0.4) is 0 Å². The van der Waals surface area contributed by atoms with Gasteiger partial charge >= 0.3 is 0 Å². The zero-order valence-corrected chi connectivity index (χ0v) is 18.5. The van der Waals surface area contributed by atoms with E-state index in [4.69, 9.17) is 4.74 Å². The second-order valence-corrected chi connectivity index (χ2v) is 8.04. The van der Waals surface area contributed by atoms with Crippen LogP contribution in [0, 0.1) is 13.8 Å². The number of amides is 1. The highest BCUT2D eigenvalue weighted by molar-refractivity contribution is 5.95. The molecule has 31 heavy (non-hydrogen) atoms. The first kappa shape index (κ1) is 21.1. The van der Waals surface area contributed by atoms with Crippen LogP contribution in [-0.4, -0.2) is 58.3 Å². The zero-order chi connectivity index (χ0) is 21.8. The third-order valence-corrected chi connectivity index (χ3v) is 5.79. The summed E-state index contributed by atoms with van der Waals surface area (Å²) in [4.78, 5) is 17.5. The van der Waals surface area contributed by atoms with Crippen molar-refractivity contribution in [2.75, 3.05) is 32.8 Å². The van der Waals surface area contributed by atoms with Gasteiger partial charge in [0, 0.05) is 32.7 Å². The Balaban J connectivity index is 1.36. The number of hydrogen-bond donors (Lipinski definition) is 0. The molecule has 0 bridgehead atoms. The van der Waals surface area contributed by atoms with Crippen molar-refractivity contribution >= 4 is 5.91 Å². The number of benzene rings is 2. The van der Waals surface area contributed by atoms with E-state index in [0.717, 1.165) is 49.9 Å². The van der Waals surface area contributed by atoms with Gasteiger partial charge in [0.05, 0.1) is 29.7 Å². The van der Waals surface area contributed by atoms with Crippen molar-refractivity contribution in [1.29, 1.82) is 0 Å². The van der Waals surface area contributed by atoms with Gasteiger partial charge in [-0.05, 0) is 56.2 Å². The summed E-state index contributed by atoms with van der Waals surface area (Å²) in [7, 11) is 0. The summed E-state index contributed by atoms with van der Waals surface area (Å²) in [6.07, 6.45) is 1.70. The molecule has 6 nitrogen and oxygen atoms in total. The fourth-order valence-corrected chi connectivity index (χ4v) is 4.03. The van der Waals surface area contributed by atoms with Crippen molar-refractivity contribution < 1.29 is 9.53 Å². The van der Waals surface area contributed by atoms with Crippen LogP contribution in [0.1, 0.15) is 34.1 Å². The number of rotatable bonds is 6. The Labute approximate surface area is 184 Å². The van der Waals surface area contributed by atoms with Crippen molar-refractivity contribution in [3.05, 3.63) is 77.1 Å². The van der Waals surface area contributed by atoms with Gasteiger partial charge in [-0.15, -0.1) is 0 Å². The molecule has 1 aromatic heterocycles. The van der Waals surface area contributed by atoms with Crippen molar-refractivity contribution in [2.24, 2.45) is 0 Å². The minimum Gasteiger partial charge on any atom is -0.494 e. The predicted molar refractivity (Wildman–Crippen MR) is 122 cm³/mol. The molecule has 0 unspecified atom stereocenters. The summed E-state index contributed by atoms with van der Waals surface area (Å²) in [5.41, 5.74) is 4.98. The molecule has 1 amide bonds. The van der Waals surface area contributed by atoms with Crippen molar-refractivity contribution in [1.82, 2.24) is 19.6 Å². The summed E-state index contributed by atoms with van der Waals surface area (Å²) in [6, 6.07) is 16.4. The number of piperazine rings is 1. The lowest BCUT2D eigenvalue weighted by molar-refractivity contribution is 0.0627. The second kappa shape index (κ2) is 9.35. The van der Waals surface area contributed by atoms with Crippen LogP contribution in [0.25, 0.3) is 5.69 Å². The molecule has 0 saturated carbocycles. The summed E-state index contributed by atoms with van der Waals surface area (Å²) in [6.45, 7) is 10.8. The Morgan fingerprint density at radius 3 is 2.45 bits per heavy atom. The van der Waals surface area contributed by atoms with Gasteiger partial charge in [0.15, 0.2) is 0 Å². The molecule has 1 aliphatic rings. The third-order valence-electron chi connectivity index (χ3n) is 5.79. The second-order valence-electron chi connectivity index (χ2n) is 8.04. The van der Waals surface area contributed by atoms with Gasteiger partial charge in [-0.25, -0.2) is 4.68 Å². The third kappa shape index (κ3) is 4.80. The maximum Gasteiger partial charge on any atom is 0.257 e. The number of aromatic nitrogens is 2. The fourth-order valence-electron chi connectivity index (χ4n) is 4.03. The molecule has 162 valence electrons. The van der Waals surface area contributed by atoms with E-state index in [-0.39, 0.29) is 5.91 Å². The van der Waals surface area contributed by atoms with Crippen LogP contribution in [0.2, 0.25) is 0 Å². The van der Waals surface area contributed by atoms with E-state index in [9.17, 15) is 4.79 Å². The van der Waals surface area contributed by atoms with Crippen LogP contribution in [0.15, 0.2) is 54.7 Å². The fraction of sp³-hybridized carbons (Fsp3) is 0.360. The Morgan fingerprint density at radius 2 is 1.77 bits per heavy atom. The molecule has 2 heterocycles. The van der Waals surface area contributed by atoms with E-state index < -0.39 is 0 Å². The van der Waals surface area contributed by atoms with E-state index in [1.807, 2.05) is 47.7 Å². The summed E-state index contributed by atoms with van der Waals surface area (Å²) < 4.78 is 7.36. The molecule has 3 aromatic rings. The summed E-state index contributed by atoms with van der Waals surface area (Å²) in [5, 5.41) is 4.48. The highest BCUT2D eigenvalue weighted by atomic mass is 16.5. The average Bonchev–Trinajstić information content (AvgIpc) is 3.17. The Hall–Kier alpha value is -3.12. The quantitative estimate of drug-likeness (QED) is 0.610. The highest BCUT2D eigenvalue weighted by Gasteiger charge is 2.25. The SMILES string of the molecule is CCOc1ccc(CN2CCN(C(=O)c3cnn(-c4cccc(C)c4)c3C)CC2)cc1. The molecule has 0 radical (unpaired) electrons. The molecule has 1 fully saturated rings. The molecular formula is C25H30N4O2. The lowest BCUT2D eigenvalue weighted by atomic mass is 10.1. The minimum atomic E-state index is 0.0668. The smallest absolute Gasteiger partial charge is 0.257 e. The van der Waals surface area contributed by atoms with E-state index in [1.165, 1.54) is 11.1 Å². The van der Waals surface area contributed by atoms with Crippen LogP contribution in [-0.2, 0) is 6.54 Å². The molecule has 4 rings (SSSR count). The normalized spacial score (nSPS) is 14.6. The van der Waals surface area contributed by atoms with Crippen molar-refractivity contribution in [2.45, 2.75) is 27.3 Å². The molecule has 1 aliphatic heterocycles. The van der Waals surface area contributed by atoms with Gasteiger partial charge in [-0.3, -0.25) is 9.69 Å². The number of aryl methyl sites for hydroxylation is 1. The number of hydrogen-bond acceptors (Lipinski definition) is 4. The molecule has 0 spiro atoms. The van der Waals surface area contributed by atoms with Crippen LogP contribution in [0.4, 0.5) is 0 Å². The Bertz CT molecular complexity index is 1030. The van der Waals surface area contributed by atoms with E-state index in [2.05, 4.69) is 41.2 Å². The van der Waals surface area contributed by atoms with E-state index >= 15 is 0 Å². The summed E-state index contributed by atoms with van der Waals surface area (Å²) in [5.74, 6) is 0.973.